The maximum absolute atomic E-state index is 7.17. The van der Waals surface area contributed by atoms with Crippen LogP contribution in [0.15, 0.2) is 241 Å². The van der Waals surface area contributed by atoms with Crippen molar-refractivity contribution in [3.8, 4) is 44.9 Å². The highest BCUT2D eigenvalue weighted by molar-refractivity contribution is 6.13. The molecule has 0 bridgehead atoms. The van der Waals surface area contributed by atoms with Crippen molar-refractivity contribution in [2.75, 3.05) is 4.90 Å². The number of hydrogen-bond donors (Lipinski definition) is 0. The van der Waals surface area contributed by atoms with Crippen molar-refractivity contribution >= 4 is 60.5 Å². The van der Waals surface area contributed by atoms with Gasteiger partial charge in [0.2, 0.25) is 0 Å². The van der Waals surface area contributed by atoms with Gasteiger partial charge in [0.25, 0.3) is 0 Å². The number of para-hydroxylation sites is 2. The van der Waals surface area contributed by atoms with Crippen LogP contribution in [0.2, 0.25) is 0 Å². The summed E-state index contributed by atoms with van der Waals surface area (Å²) in [6.45, 7) is 0. The maximum atomic E-state index is 7.17. The van der Waals surface area contributed by atoms with Crippen LogP contribution in [0.4, 0.5) is 17.1 Å². The zero-order valence-corrected chi connectivity index (χ0v) is 35.8. The number of hydrogen-bond acceptors (Lipinski definition) is 3. The number of anilines is 3. The molecule has 0 atom stereocenters. The summed E-state index contributed by atoms with van der Waals surface area (Å²) in [7, 11) is 0. The molecule has 1 aliphatic carbocycles. The Bertz CT molecular complexity index is 3850. The SMILES string of the molecule is c1ccc(N(c2cccc(-c3cccc(-c4ccc5c(c4)-c4ccccc4C54c5ccc6ccccc6c5Oc5c4ccc4ccccc54)c3)c2)c2cccc3oc4ccccc4c23)cc1. The molecule has 3 nitrogen and oxygen atoms in total. The largest absolute Gasteiger partial charge is 0.456 e. The molecular weight excluding hydrogens is 803 g/mol. The lowest BCUT2D eigenvalue weighted by Gasteiger charge is -2.40. The Morgan fingerprint density at radius 3 is 1.64 bits per heavy atom. The smallest absolute Gasteiger partial charge is 0.140 e. The van der Waals surface area contributed by atoms with Crippen LogP contribution >= 0.6 is 0 Å². The zero-order chi connectivity index (χ0) is 43.3. The second kappa shape index (κ2) is 14.2. The third kappa shape index (κ3) is 5.26. The normalized spacial score (nSPS) is 13.1. The maximum Gasteiger partial charge on any atom is 0.140 e. The van der Waals surface area contributed by atoms with E-state index in [9.17, 15) is 0 Å². The number of fused-ring (bicyclic) bond motifs is 16. The predicted octanol–water partition coefficient (Wildman–Crippen LogP) is 17.2. The lowest BCUT2D eigenvalue weighted by atomic mass is 9.65. The van der Waals surface area contributed by atoms with Gasteiger partial charge in [0.15, 0.2) is 0 Å². The van der Waals surface area contributed by atoms with Crippen molar-refractivity contribution in [3.63, 3.8) is 0 Å². The topological polar surface area (TPSA) is 25.6 Å². The van der Waals surface area contributed by atoms with E-state index in [1.165, 1.54) is 55.3 Å². The van der Waals surface area contributed by atoms with Crippen LogP contribution in [0.3, 0.4) is 0 Å². The Morgan fingerprint density at radius 1 is 0.333 bits per heavy atom. The minimum absolute atomic E-state index is 0.582. The molecule has 0 radical (unpaired) electrons. The van der Waals surface area contributed by atoms with Gasteiger partial charge in [-0.05, 0) is 110 Å². The summed E-state index contributed by atoms with van der Waals surface area (Å²) in [5, 5.41) is 6.77. The first-order valence-corrected chi connectivity index (χ1v) is 22.7. The molecule has 0 amide bonds. The Kier molecular flexibility index (Phi) is 7.90. The van der Waals surface area contributed by atoms with Gasteiger partial charge in [-0.15, -0.1) is 0 Å². The Balaban J connectivity index is 0.920. The summed E-state index contributed by atoms with van der Waals surface area (Å²) in [5.41, 5.74) is 16.4. The molecule has 66 heavy (non-hydrogen) atoms. The standard InChI is InChI=1S/C63H39NO2/c1-2-20-46(21-3-1)64(57-28-14-30-59-60(57)51-26-9-11-29-58(51)65-59)47-22-13-19-44(38-47)42-17-12-18-43(37-42)45-33-34-54-52(39-45)50-25-8-10-27-53(50)63(54)55-35-31-40-15-4-6-23-48(40)61(55)66-62-49-24-7-5-16-41(49)32-36-56(62)63/h1-39H. The fraction of sp³-hybridized carbons (Fsp3) is 0.0159. The van der Waals surface area contributed by atoms with Gasteiger partial charge >= 0.3 is 0 Å². The summed E-state index contributed by atoms with van der Waals surface area (Å²) >= 11 is 0. The van der Waals surface area contributed by atoms with Crippen molar-refractivity contribution < 1.29 is 9.15 Å². The zero-order valence-electron chi connectivity index (χ0n) is 35.8. The van der Waals surface area contributed by atoms with Crippen molar-refractivity contribution in [1.82, 2.24) is 0 Å². The van der Waals surface area contributed by atoms with Crippen molar-refractivity contribution in [2.45, 2.75) is 5.41 Å². The van der Waals surface area contributed by atoms with Gasteiger partial charge in [-0.2, -0.15) is 0 Å². The van der Waals surface area contributed by atoms with E-state index in [0.29, 0.717) is 0 Å². The lowest BCUT2D eigenvalue weighted by Crippen LogP contribution is -2.32. The van der Waals surface area contributed by atoms with E-state index in [0.717, 1.165) is 72.4 Å². The van der Waals surface area contributed by atoms with E-state index in [-0.39, 0.29) is 0 Å². The number of benzene rings is 11. The number of furan rings is 1. The lowest BCUT2D eigenvalue weighted by molar-refractivity contribution is 0.447. The minimum Gasteiger partial charge on any atom is -0.456 e. The van der Waals surface area contributed by atoms with Crippen LogP contribution in [-0.2, 0) is 5.41 Å². The van der Waals surface area contributed by atoms with Crippen LogP contribution in [0.1, 0.15) is 22.3 Å². The van der Waals surface area contributed by atoms with Crippen LogP contribution in [0.25, 0.3) is 76.9 Å². The average molecular weight is 842 g/mol. The van der Waals surface area contributed by atoms with E-state index >= 15 is 0 Å². The Labute approximate surface area is 382 Å². The van der Waals surface area contributed by atoms with E-state index in [1.807, 2.05) is 12.1 Å². The molecule has 0 N–H and O–H groups in total. The number of ether oxygens (including phenoxy) is 1. The Hall–Kier alpha value is -8.66. The quantitative estimate of drug-likeness (QED) is 0.173. The van der Waals surface area contributed by atoms with E-state index < -0.39 is 5.41 Å². The third-order valence-electron chi connectivity index (χ3n) is 14.1. The molecule has 2 aliphatic rings. The summed E-state index contributed by atoms with van der Waals surface area (Å²) < 4.78 is 13.5. The van der Waals surface area contributed by atoms with Gasteiger partial charge in [0, 0.05) is 38.7 Å². The van der Waals surface area contributed by atoms with E-state index in [2.05, 4.69) is 229 Å². The molecule has 14 rings (SSSR count). The first kappa shape index (κ1) is 36.8. The highest BCUT2D eigenvalue weighted by atomic mass is 16.5. The first-order valence-electron chi connectivity index (χ1n) is 22.7. The van der Waals surface area contributed by atoms with Crippen LogP contribution < -0.4 is 9.64 Å². The van der Waals surface area contributed by atoms with E-state index in [4.69, 9.17) is 9.15 Å². The van der Waals surface area contributed by atoms with Crippen molar-refractivity contribution in [1.29, 1.82) is 0 Å². The second-order valence-electron chi connectivity index (χ2n) is 17.5. The molecule has 2 heterocycles. The molecule has 0 saturated heterocycles. The van der Waals surface area contributed by atoms with Gasteiger partial charge in [-0.25, -0.2) is 0 Å². The number of nitrogens with zero attached hydrogens (tertiary/aromatic N) is 1. The molecule has 1 aliphatic heterocycles. The minimum atomic E-state index is -0.582. The monoisotopic (exact) mass is 841 g/mol. The highest BCUT2D eigenvalue weighted by Gasteiger charge is 2.51. The predicted molar refractivity (Wildman–Crippen MR) is 272 cm³/mol. The molecule has 0 saturated carbocycles. The Morgan fingerprint density at radius 2 is 0.879 bits per heavy atom. The van der Waals surface area contributed by atoms with Gasteiger partial charge in [0.1, 0.15) is 22.7 Å². The molecule has 0 unspecified atom stereocenters. The third-order valence-corrected chi connectivity index (χ3v) is 14.1. The highest BCUT2D eigenvalue weighted by Crippen LogP contribution is 2.64. The van der Waals surface area contributed by atoms with Gasteiger partial charge in [-0.1, -0.05) is 182 Å². The van der Waals surface area contributed by atoms with Gasteiger partial charge < -0.3 is 14.1 Å². The van der Waals surface area contributed by atoms with E-state index in [1.54, 1.807) is 0 Å². The summed E-state index contributed by atoms with van der Waals surface area (Å²) in [5.74, 6) is 1.86. The van der Waals surface area contributed by atoms with Crippen molar-refractivity contribution in [3.05, 3.63) is 259 Å². The molecule has 12 aromatic rings. The summed E-state index contributed by atoms with van der Waals surface area (Å²) in [6.07, 6.45) is 0. The van der Waals surface area contributed by atoms with Gasteiger partial charge in [-0.3, -0.25) is 0 Å². The molecule has 1 spiro atoms. The molecule has 3 heteroatoms. The molecule has 0 fully saturated rings. The molecular formula is C63H39NO2. The van der Waals surface area contributed by atoms with Gasteiger partial charge in [0.05, 0.1) is 16.5 Å². The fourth-order valence-corrected chi connectivity index (χ4v) is 11.2. The molecule has 11 aromatic carbocycles. The van der Waals surface area contributed by atoms with Crippen molar-refractivity contribution in [2.24, 2.45) is 0 Å². The summed E-state index contributed by atoms with van der Waals surface area (Å²) in [6, 6.07) is 85.7. The second-order valence-corrected chi connectivity index (χ2v) is 17.5. The van der Waals surface area contributed by atoms with Crippen LogP contribution in [0.5, 0.6) is 11.5 Å². The van der Waals surface area contributed by atoms with Crippen LogP contribution in [-0.4, -0.2) is 0 Å². The molecule has 308 valence electrons. The summed E-state index contributed by atoms with van der Waals surface area (Å²) in [4.78, 5) is 2.35. The average Bonchev–Trinajstić information content (AvgIpc) is 3.91. The fourth-order valence-electron chi connectivity index (χ4n) is 11.2. The number of rotatable bonds is 5. The first-order chi connectivity index (χ1) is 32.7. The van der Waals surface area contributed by atoms with Crippen LogP contribution in [0, 0.1) is 0 Å². The molecule has 1 aromatic heterocycles.